The van der Waals surface area contributed by atoms with Crippen molar-refractivity contribution in [3.8, 4) is 0 Å². The quantitative estimate of drug-likeness (QED) is 0.901. The summed E-state index contributed by atoms with van der Waals surface area (Å²) in [4.78, 5) is 8.57. The number of nitrogens with zero attached hydrogens (tertiary/aromatic N) is 2. The lowest BCUT2D eigenvalue weighted by Crippen LogP contribution is -2.41. The van der Waals surface area contributed by atoms with Gasteiger partial charge < -0.3 is 15.0 Å². The van der Waals surface area contributed by atoms with E-state index in [-0.39, 0.29) is 0 Å². The first kappa shape index (κ1) is 14.8. The largest absolute Gasteiger partial charge is 0.378 e. The average molecular weight is 283 g/mol. The van der Waals surface area contributed by atoms with Crippen molar-refractivity contribution in [1.29, 1.82) is 0 Å². The number of piperidine rings is 1. The summed E-state index contributed by atoms with van der Waals surface area (Å²) in [5, 5.41) is 4.38. The van der Waals surface area contributed by atoms with Crippen molar-refractivity contribution in [3.05, 3.63) is 10.6 Å². The van der Waals surface area contributed by atoms with Crippen LogP contribution >= 0.6 is 11.3 Å². The Balaban J connectivity index is 2.20. The van der Waals surface area contributed by atoms with Crippen molar-refractivity contribution in [2.24, 2.45) is 5.92 Å². The van der Waals surface area contributed by atoms with Gasteiger partial charge in [0, 0.05) is 31.1 Å². The van der Waals surface area contributed by atoms with E-state index in [4.69, 9.17) is 9.72 Å². The normalized spacial score (nSPS) is 23.9. The molecule has 4 nitrogen and oxygen atoms in total. The Bertz CT molecular complexity index is 384. The van der Waals surface area contributed by atoms with E-state index in [1.165, 1.54) is 17.7 Å². The number of anilines is 1. The van der Waals surface area contributed by atoms with Crippen LogP contribution in [0.2, 0.25) is 0 Å². The van der Waals surface area contributed by atoms with Gasteiger partial charge in [0.2, 0.25) is 0 Å². The highest BCUT2D eigenvalue weighted by molar-refractivity contribution is 7.15. The van der Waals surface area contributed by atoms with Crippen LogP contribution in [0.25, 0.3) is 0 Å². The van der Waals surface area contributed by atoms with Crippen molar-refractivity contribution >= 4 is 16.5 Å². The summed E-state index contributed by atoms with van der Waals surface area (Å²) >= 11 is 1.81. The zero-order valence-corrected chi connectivity index (χ0v) is 13.2. The average Bonchev–Trinajstić information content (AvgIpc) is 2.77. The number of hydrogen-bond acceptors (Lipinski definition) is 5. The third-order valence-electron chi connectivity index (χ3n) is 3.75. The molecule has 1 saturated heterocycles. The van der Waals surface area contributed by atoms with Crippen LogP contribution in [0, 0.1) is 5.92 Å². The van der Waals surface area contributed by atoms with Crippen LogP contribution in [0.3, 0.4) is 0 Å². The molecule has 108 valence electrons. The number of rotatable bonds is 5. The van der Waals surface area contributed by atoms with Crippen LogP contribution in [-0.4, -0.2) is 31.7 Å². The second-order valence-electron chi connectivity index (χ2n) is 5.51. The Morgan fingerprint density at radius 2 is 2.21 bits per heavy atom. The van der Waals surface area contributed by atoms with Gasteiger partial charge in [0.05, 0.1) is 12.3 Å². The number of hydrogen-bond donors (Lipinski definition) is 1. The highest BCUT2D eigenvalue weighted by Gasteiger charge is 2.26. The molecular weight excluding hydrogens is 258 g/mol. The number of ether oxygens (including phenoxy) is 1. The van der Waals surface area contributed by atoms with E-state index in [1.807, 2.05) is 18.4 Å². The third kappa shape index (κ3) is 3.46. The summed E-state index contributed by atoms with van der Waals surface area (Å²) in [5.74, 6) is 0.763. The summed E-state index contributed by atoms with van der Waals surface area (Å²) in [6.07, 6.45) is 2.60. The van der Waals surface area contributed by atoms with Crippen LogP contribution in [0.4, 0.5) is 5.13 Å². The van der Waals surface area contributed by atoms with Gasteiger partial charge in [-0.2, -0.15) is 0 Å². The van der Waals surface area contributed by atoms with E-state index in [0.29, 0.717) is 12.6 Å². The van der Waals surface area contributed by atoms with Gasteiger partial charge in [-0.3, -0.25) is 0 Å². The van der Waals surface area contributed by atoms with E-state index in [0.717, 1.165) is 29.8 Å². The first-order chi connectivity index (χ1) is 9.15. The lowest BCUT2D eigenvalue weighted by Gasteiger charge is -2.36. The van der Waals surface area contributed by atoms with Crippen molar-refractivity contribution in [3.63, 3.8) is 0 Å². The number of nitrogens with one attached hydrogen (secondary N) is 1. The molecule has 2 atom stereocenters. The Kier molecular flexibility index (Phi) is 5.19. The summed E-state index contributed by atoms with van der Waals surface area (Å²) in [7, 11) is 3.70. The number of thiazole rings is 1. The van der Waals surface area contributed by atoms with E-state index >= 15 is 0 Å². The SMILES string of the molecule is CNCc1sc(N2CC(C)CCC2C)nc1COC. The molecule has 1 aromatic rings. The van der Waals surface area contributed by atoms with Gasteiger partial charge in [0.1, 0.15) is 0 Å². The Morgan fingerprint density at radius 3 is 2.89 bits per heavy atom. The molecule has 0 aromatic carbocycles. The minimum atomic E-state index is 0.597. The molecule has 0 aliphatic carbocycles. The second kappa shape index (κ2) is 6.68. The highest BCUT2D eigenvalue weighted by atomic mass is 32.1. The molecule has 0 radical (unpaired) electrons. The first-order valence-electron chi connectivity index (χ1n) is 7.04. The molecule has 0 spiro atoms. The zero-order chi connectivity index (χ0) is 13.8. The Labute approximate surface area is 120 Å². The minimum Gasteiger partial charge on any atom is -0.378 e. The predicted octanol–water partition coefficient (Wildman–Crippen LogP) is 2.63. The maximum absolute atomic E-state index is 5.26. The summed E-state index contributed by atoms with van der Waals surface area (Å²) in [6.45, 7) is 7.23. The fraction of sp³-hybridized carbons (Fsp3) is 0.786. The van der Waals surface area contributed by atoms with Crippen LogP contribution in [0.1, 0.15) is 37.3 Å². The van der Waals surface area contributed by atoms with Gasteiger partial charge in [-0.25, -0.2) is 4.98 Å². The molecule has 2 unspecified atom stereocenters. The molecular formula is C14H25N3OS. The molecule has 2 heterocycles. The van der Waals surface area contributed by atoms with Gasteiger partial charge in [-0.05, 0) is 32.7 Å². The van der Waals surface area contributed by atoms with Crippen LogP contribution < -0.4 is 10.2 Å². The molecule has 0 amide bonds. The van der Waals surface area contributed by atoms with Crippen LogP contribution in [0.5, 0.6) is 0 Å². The summed E-state index contributed by atoms with van der Waals surface area (Å²) < 4.78 is 5.26. The topological polar surface area (TPSA) is 37.4 Å². The maximum atomic E-state index is 5.26. The highest BCUT2D eigenvalue weighted by Crippen LogP contribution is 2.32. The fourth-order valence-corrected chi connectivity index (χ4v) is 3.78. The Morgan fingerprint density at radius 1 is 1.42 bits per heavy atom. The lowest BCUT2D eigenvalue weighted by atomic mass is 9.96. The first-order valence-corrected chi connectivity index (χ1v) is 7.86. The standard InChI is InChI=1S/C14H25N3OS/c1-10-5-6-11(2)17(8-10)14-16-12(9-18-4)13(19-14)7-15-3/h10-11,15H,5-9H2,1-4H3. The molecule has 5 heteroatoms. The summed E-state index contributed by atoms with van der Waals surface area (Å²) in [6, 6.07) is 0.597. The maximum Gasteiger partial charge on any atom is 0.186 e. The molecule has 1 aromatic heterocycles. The minimum absolute atomic E-state index is 0.597. The number of aromatic nitrogens is 1. The molecule has 0 saturated carbocycles. The van der Waals surface area contributed by atoms with Gasteiger partial charge in [-0.15, -0.1) is 11.3 Å². The van der Waals surface area contributed by atoms with Gasteiger partial charge >= 0.3 is 0 Å². The van der Waals surface area contributed by atoms with Crippen molar-refractivity contribution in [2.75, 3.05) is 25.6 Å². The lowest BCUT2D eigenvalue weighted by molar-refractivity contribution is 0.181. The Hall–Kier alpha value is -0.650. The second-order valence-corrected chi connectivity index (χ2v) is 6.58. The number of methoxy groups -OCH3 is 1. The molecule has 1 N–H and O–H groups in total. The van der Waals surface area contributed by atoms with E-state index in [9.17, 15) is 0 Å². The molecule has 0 bridgehead atoms. The van der Waals surface area contributed by atoms with E-state index in [2.05, 4.69) is 24.1 Å². The zero-order valence-electron chi connectivity index (χ0n) is 12.4. The summed E-state index contributed by atoms with van der Waals surface area (Å²) in [5.41, 5.74) is 1.09. The van der Waals surface area contributed by atoms with Crippen LogP contribution in [0.15, 0.2) is 0 Å². The van der Waals surface area contributed by atoms with Gasteiger partial charge in [0.25, 0.3) is 0 Å². The predicted molar refractivity (Wildman–Crippen MR) is 80.8 cm³/mol. The van der Waals surface area contributed by atoms with Gasteiger partial charge in [0.15, 0.2) is 5.13 Å². The smallest absolute Gasteiger partial charge is 0.186 e. The van der Waals surface area contributed by atoms with E-state index in [1.54, 1.807) is 7.11 Å². The molecule has 1 aliphatic rings. The fourth-order valence-electron chi connectivity index (χ4n) is 2.60. The molecule has 19 heavy (non-hydrogen) atoms. The van der Waals surface area contributed by atoms with Crippen molar-refractivity contribution in [1.82, 2.24) is 10.3 Å². The van der Waals surface area contributed by atoms with E-state index < -0.39 is 0 Å². The monoisotopic (exact) mass is 283 g/mol. The van der Waals surface area contributed by atoms with Crippen molar-refractivity contribution in [2.45, 2.75) is 45.9 Å². The van der Waals surface area contributed by atoms with Crippen molar-refractivity contribution < 1.29 is 4.74 Å². The molecule has 1 fully saturated rings. The van der Waals surface area contributed by atoms with Crippen LogP contribution in [-0.2, 0) is 17.9 Å². The molecule has 1 aliphatic heterocycles. The third-order valence-corrected chi connectivity index (χ3v) is 4.88. The van der Waals surface area contributed by atoms with Gasteiger partial charge in [-0.1, -0.05) is 6.92 Å². The molecule has 2 rings (SSSR count).